The molecule has 1 aliphatic rings. The molecule has 0 spiro atoms. The molecule has 0 radical (unpaired) electrons. The molecule has 0 fully saturated rings. The number of fused-ring (bicyclic) bond motifs is 1. The Morgan fingerprint density at radius 2 is 2.44 bits per heavy atom. The standard InChI is InChI=1S/C11H13N5O2/c1-16-14-11(13-15-16)6-17-7-2-3-8-9(12)5-18-10(8)4-7/h2-4,9H,5-6,12H2,1H3. The van der Waals surface area contributed by atoms with Gasteiger partial charge in [-0.1, -0.05) is 0 Å². The van der Waals surface area contributed by atoms with E-state index in [-0.39, 0.29) is 12.6 Å². The first-order valence-corrected chi connectivity index (χ1v) is 5.60. The van der Waals surface area contributed by atoms with Crippen LogP contribution in [0.3, 0.4) is 0 Å². The highest BCUT2D eigenvalue weighted by Gasteiger charge is 2.20. The van der Waals surface area contributed by atoms with Gasteiger partial charge in [-0.25, -0.2) is 0 Å². The van der Waals surface area contributed by atoms with E-state index in [2.05, 4.69) is 15.4 Å². The van der Waals surface area contributed by atoms with E-state index in [1.807, 2.05) is 18.2 Å². The predicted octanol–water partition coefficient (Wildman–Crippen LogP) is 0.181. The quantitative estimate of drug-likeness (QED) is 0.832. The number of aryl methyl sites for hydroxylation is 1. The second-order valence-corrected chi connectivity index (χ2v) is 4.10. The summed E-state index contributed by atoms with van der Waals surface area (Å²) >= 11 is 0. The van der Waals surface area contributed by atoms with Gasteiger partial charge in [0.05, 0.1) is 13.1 Å². The summed E-state index contributed by atoms with van der Waals surface area (Å²) in [6, 6.07) is 5.57. The molecule has 0 amide bonds. The molecule has 0 saturated carbocycles. The number of hydrogen-bond donors (Lipinski definition) is 1. The minimum atomic E-state index is -0.0456. The van der Waals surface area contributed by atoms with E-state index in [0.717, 1.165) is 11.3 Å². The third kappa shape index (κ3) is 2.00. The first-order chi connectivity index (χ1) is 8.72. The second kappa shape index (κ2) is 4.26. The first-order valence-electron chi connectivity index (χ1n) is 5.60. The minimum Gasteiger partial charge on any atom is -0.491 e. The third-order valence-corrected chi connectivity index (χ3v) is 2.72. The summed E-state index contributed by atoms with van der Waals surface area (Å²) < 4.78 is 11.0. The number of benzene rings is 1. The Labute approximate surface area is 103 Å². The Bertz CT molecular complexity index is 568. The Morgan fingerprint density at radius 3 is 3.22 bits per heavy atom. The zero-order valence-corrected chi connectivity index (χ0v) is 9.91. The number of hydrogen-bond acceptors (Lipinski definition) is 6. The normalized spacial score (nSPS) is 17.3. The molecule has 3 rings (SSSR count). The van der Waals surface area contributed by atoms with Crippen molar-refractivity contribution < 1.29 is 9.47 Å². The van der Waals surface area contributed by atoms with Crippen LogP contribution in [0.15, 0.2) is 18.2 Å². The van der Waals surface area contributed by atoms with Crippen molar-refractivity contribution in [2.45, 2.75) is 12.6 Å². The fourth-order valence-electron chi connectivity index (χ4n) is 1.83. The molecule has 2 heterocycles. The molecule has 2 aromatic rings. The van der Waals surface area contributed by atoms with E-state index in [1.165, 1.54) is 4.80 Å². The molecule has 1 atom stereocenters. The molecule has 1 aromatic carbocycles. The highest BCUT2D eigenvalue weighted by atomic mass is 16.5. The number of nitrogens with zero attached hydrogens (tertiary/aromatic N) is 4. The fraction of sp³-hybridized carbons (Fsp3) is 0.364. The van der Waals surface area contributed by atoms with E-state index >= 15 is 0 Å². The van der Waals surface area contributed by atoms with Crippen LogP contribution in [0, 0.1) is 0 Å². The average molecular weight is 247 g/mol. The summed E-state index contributed by atoms with van der Waals surface area (Å²) in [7, 11) is 1.71. The lowest BCUT2D eigenvalue weighted by molar-refractivity contribution is 0.291. The zero-order chi connectivity index (χ0) is 12.5. The van der Waals surface area contributed by atoms with E-state index < -0.39 is 0 Å². The highest BCUT2D eigenvalue weighted by Crippen LogP contribution is 2.33. The van der Waals surface area contributed by atoms with Gasteiger partial charge in [0.2, 0.25) is 5.82 Å². The van der Waals surface area contributed by atoms with Gasteiger partial charge in [-0.2, -0.15) is 4.80 Å². The molecular weight excluding hydrogens is 234 g/mol. The topological polar surface area (TPSA) is 88.1 Å². The predicted molar refractivity (Wildman–Crippen MR) is 62.0 cm³/mol. The lowest BCUT2D eigenvalue weighted by Gasteiger charge is -2.05. The molecule has 0 saturated heterocycles. The van der Waals surface area contributed by atoms with Crippen molar-refractivity contribution in [2.24, 2.45) is 12.8 Å². The van der Waals surface area contributed by atoms with Crippen molar-refractivity contribution in [2.75, 3.05) is 6.61 Å². The molecule has 0 aliphatic carbocycles. The van der Waals surface area contributed by atoms with Crippen molar-refractivity contribution >= 4 is 0 Å². The maximum Gasteiger partial charge on any atom is 0.212 e. The van der Waals surface area contributed by atoms with Crippen LogP contribution in [0.5, 0.6) is 11.5 Å². The van der Waals surface area contributed by atoms with Crippen LogP contribution in [0.25, 0.3) is 0 Å². The van der Waals surface area contributed by atoms with Crippen LogP contribution in [-0.2, 0) is 13.7 Å². The number of rotatable bonds is 3. The smallest absolute Gasteiger partial charge is 0.212 e. The molecule has 94 valence electrons. The molecule has 1 aromatic heterocycles. The molecule has 0 bridgehead atoms. The van der Waals surface area contributed by atoms with Crippen LogP contribution >= 0.6 is 0 Å². The summed E-state index contributed by atoms with van der Waals surface area (Å²) in [6.45, 7) is 0.795. The Morgan fingerprint density at radius 1 is 1.56 bits per heavy atom. The molecular formula is C11H13N5O2. The van der Waals surface area contributed by atoms with Crippen molar-refractivity contribution in [3.63, 3.8) is 0 Å². The molecule has 1 unspecified atom stereocenters. The van der Waals surface area contributed by atoms with Gasteiger partial charge in [0.15, 0.2) is 6.61 Å². The Kier molecular flexibility index (Phi) is 2.60. The van der Waals surface area contributed by atoms with Crippen LogP contribution in [0.2, 0.25) is 0 Å². The lowest BCUT2D eigenvalue weighted by Crippen LogP contribution is -2.10. The molecule has 2 N–H and O–H groups in total. The molecule has 7 heteroatoms. The van der Waals surface area contributed by atoms with Crippen LogP contribution in [0.4, 0.5) is 0 Å². The number of tetrazole rings is 1. The van der Waals surface area contributed by atoms with E-state index in [9.17, 15) is 0 Å². The summed E-state index contributed by atoms with van der Waals surface area (Å²) in [6.07, 6.45) is 0. The van der Waals surface area contributed by atoms with E-state index in [1.54, 1.807) is 7.05 Å². The monoisotopic (exact) mass is 247 g/mol. The molecule has 7 nitrogen and oxygen atoms in total. The van der Waals surface area contributed by atoms with Gasteiger partial charge in [0, 0.05) is 11.6 Å². The highest BCUT2D eigenvalue weighted by molar-refractivity contribution is 5.44. The van der Waals surface area contributed by atoms with Gasteiger partial charge in [-0.15, -0.1) is 10.2 Å². The Hall–Kier alpha value is -2.15. The zero-order valence-electron chi connectivity index (χ0n) is 9.91. The van der Waals surface area contributed by atoms with Crippen molar-refractivity contribution in [3.8, 4) is 11.5 Å². The van der Waals surface area contributed by atoms with Crippen molar-refractivity contribution in [1.82, 2.24) is 20.2 Å². The van der Waals surface area contributed by atoms with E-state index in [0.29, 0.717) is 18.2 Å². The van der Waals surface area contributed by atoms with Crippen LogP contribution < -0.4 is 15.2 Å². The van der Waals surface area contributed by atoms with Gasteiger partial charge in [-0.05, 0) is 17.3 Å². The Balaban J connectivity index is 1.70. The van der Waals surface area contributed by atoms with Crippen LogP contribution in [-0.4, -0.2) is 26.8 Å². The fourth-order valence-corrected chi connectivity index (χ4v) is 1.83. The average Bonchev–Trinajstić information content (AvgIpc) is 2.94. The summed E-state index contributed by atoms with van der Waals surface area (Å²) in [5.74, 6) is 2.03. The van der Waals surface area contributed by atoms with Crippen molar-refractivity contribution in [1.29, 1.82) is 0 Å². The molecule has 18 heavy (non-hydrogen) atoms. The maximum absolute atomic E-state index is 5.87. The maximum atomic E-state index is 5.87. The third-order valence-electron chi connectivity index (χ3n) is 2.72. The second-order valence-electron chi connectivity index (χ2n) is 4.10. The van der Waals surface area contributed by atoms with Gasteiger partial charge in [0.25, 0.3) is 0 Å². The lowest BCUT2D eigenvalue weighted by atomic mass is 10.1. The van der Waals surface area contributed by atoms with Gasteiger partial charge in [0.1, 0.15) is 18.1 Å². The first kappa shape index (κ1) is 11.0. The van der Waals surface area contributed by atoms with Crippen molar-refractivity contribution in [3.05, 3.63) is 29.6 Å². The van der Waals surface area contributed by atoms with Gasteiger partial charge < -0.3 is 15.2 Å². The summed E-state index contributed by atoms with van der Waals surface area (Å²) in [4.78, 5) is 1.39. The summed E-state index contributed by atoms with van der Waals surface area (Å²) in [5, 5.41) is 11.6. The molecule has 1 aliphatic heterocycles. The van der Waals surface area contributed by atoms with Crippen LogP contribution in [0.1, 0.15) is 17.4 Å². The summed E-state index contributed by atoms with van der Waals surface area (Å²) in [5.41, 5.74) is 6.88. The minimum absolute atomic E-state index is 0.0456. The largest absolute Gasteiger partial charge is 0.491 e. The number of aromatic nitrogens is 4. The van der Waals surface area contributed by atoms with E-state index in [4.69, 9.17) is 15.2 Å². The van der Waals surface area contributed by atoms with Gasteiger partial charge >= 0.3 is 0 Å². The SMILES string of the molecule is Cn1nnc(COc2ccc3c(c2)OCC3N)n1. The number of ether oxygens (including phenoxy) is 2. The van der Waals surface area contributed by atoms with Gasteiger partial charge in [-0.3, -0.25) is 0 Å². The number of nitrogens with two attached hydrogens (primary N) is 1.